The zero-order valence-electron chi connectivity index (χ0n) is 15.7. The van der Waals surface area contributed by atoms with E-state index in [1.807, 2.05) is 0 Å². The Morgan fingerprint density at radius 3 is 2.62 bits per heavy atom. The van der Waals surface area contributed by atoms with Crippen molar-refractivity contribution in [3.05, 3.63) is 56.4 Å². The second-order valence-corrected chi connectivity index (χ2v) is 8.55. The van der Waals surface area contributed by atoms with Crippen molar-refractivity contribution in [3.8, 4) is 11.3 Å². The number of rotatable bonds is 2. The first-order valence-corrected chi connectivity index (χ1v) is 10.3. The SMILES string of the molecule is CC1CCN(Cc2cccc3c2Cc2c-3[nH]c(=O)c3c2CCCC3)CC1. The lowest BCUT2D eigenvalue weighted by molar-refractivity contribution is 0.185. The monoisotopic (exact) mass is 348 g/mol. The summed E-state index contributed by atoms with van der Waals surface area (Å²) in [7, 11) is 0. The van der Waals surface area contributed by atoms with Gasteiger partial charge in [-0.15, -0.1) is 0 Å². The third-order valence-electron chi connectivity index (χ3n) is 6.81. The minimum Gasteiger partial charge on any atom is -0.321 e. The van der Waals surface area contributed by atoms with E-state index in [9.17, 15) is 4.79 Å². The summed E-state index contributed by atoms with van der Waals surface area (Å²) < 4.78 is 0. The van der Waals surface area contributed by atoms with Crippen LogP contribution in [0.15, 0.2) is 23.0 Å². The van der Waals surface area contributed by atoms with Gasteiger partial charge in [0.1, 0.15) is 0 Å². The van der Waals surface area contributed by atoms with Crippen LogP contribution in [0.2, 0.25) is 0 Å². The highest BCUT2D eigenvalue weighted by Crippen LogP contribution is 2.40. The molecule has 1 N–H and O–H groups in total. The van der Waals surface area contributed by atoms with Gasteiger partial charge in [0.05, 0.1) is 5.69 Å². The van der Waals surface area contributed by atoms with Crippen molar-refractivity contribution in [2.45, 2.75) is 58.4 Å². The number of H-pyrrole nitrogens is 1. The van der Waals surface area contributed by atoms with Crippen molar-refractivity contribution >= 4 is 0 Å². The van der Waals surface area contributed by atoms with E-state index < -0.39 is 0 Å². The first-order valence-electron chi connectivity index (χ1n) is 10.3. The molecule has 136 valence electrons. The number of hydrogen-bond acceptors (Lipinski definition) is 2. The standard InChI is InChI=1S/C23H28N2O/c1-15-9-11-25(12-10-15)14-16-5-4-8-18-20(16)13-21-17-6-2-3-7-19(17)23(26)24-22(18)21/h4-5,8,15H,2-3,6-7,9-14H2,1H3,(H,24,26). The van der Waals surface area contributed by atoms with Gasteiger partial charge in [-0.25, -0.2) is 0 Å². The molecular weight excluding hydrogens is 320 g/mol. The number of nitrogens with one attached hydrogen (secondary N) is 1. The smallest absolute Gasteiger partial charge is 0.251 e. The Hall–Kier alpha value is -1.87. The van der Waals surface area contributed by atoms with Crippen LogP contribution in [-0.2, 0) is 25.8 Å². The fourth-order valence-electron chi connectivity index (χ4n) is 5.19. The molecule has 1 aliphatic heterocycles. The Labute approximate surface area is 155 Å². The Morgan fingerprint density at radius 1 is 1.04 bits per heavy atom. The number of benzene rings is 1. The van der Waals surface area contributed by atoms with Crippen molar-refractivity contribution in [1.82, 2.24) is 9.88 Å². The van der Waals surface area contributed by atoms with Gasteiger partial charge in [0.15, 0.2) is 0 Å². The van der Waals surface area contributed by atoms with Gasteiger partial charge >= 0.3 is 0 Å². The average Bonchev–Trinajstić information content (AvgIpc) is 3.04. The molecule has 2 aliphatic carbocycles. The molecule has 2 heterocycles. The van der Waals surface area contributed by atoms with Gasteiger partial charge < -0.3 is 4.98 Å². The van der Waals surface area contributed by atoms with Gasteiger partial charge in [-0.2, -0.15) is 0 Å². The zero-order chi connectivity index (χ0) is 17.7. The number of pyridine rings is 1. The van der Waals surface area contributed by atoms with E-state index in [1.165, 1.54) is 60.2 Å². The fraction of sp³-hybridized carbons (Fsp3) is 0.522. The van der Waals surface area contributed by atoms with Crippen LogP contribution in [0.1, 0.15) is 60.4 Å². The van der Waals surface area contributed by atoms with Crippen molar-refractivity contribution in [2.75, 3.05) is 13.1 Å². The summed E-state index contributed by atoms with van der Waals surface area (Å²) in [5.74, 6) is 0.869. The lowest BCUT2D eigenvalue weighted by atomic mass is 9.88. The molecule has 2 aromatic rings. The second-order valence-electron chi connectivity index (χ2n) is 8.55. The Balaban J connectivity index is 1.51. The molecule has 3 heteroatoms. The fourth-order valence-corrected chi connectivity index (χ4v) is 5.19. The van der Waals surface area contributed by atoms with Crippen LogP contribution >= 0.6 is 0 Å². The average molecular weight is 348 g/mol. The van der Waals surface area contributed by atoms with Crippen LogP contribution < -0.4 is 5.56 Å². The highest BCUT2D eigenvalue weighted by Gasteiger charge is 2.28. The molecule has 0 atom stereocenters. The number of piperidine rings is 1. The molecule has 1 aromatic heterocycles. The van der Waals surface area contributed by atoms with Crippen molar-refractivity contribution < 1.29 is 0 Å². The van der Waals surface area contributed by atoms with Gasteiger partial charge in [0.25, 0.3) is 5.56 Å². The molecule has 5 rings (SSSR count). The number of aromatic amines is 1. The van der Waals surface area contributed by atoms with Gasteiger partial charge in [-0.1, -0.05) is 25.1 Å². The molecule has 0 radical (unpaired) electrons. The van der Waals surface area contributed by atoms with Gasteiger partial charge in [0.2, 0.25) is 0 Å². The van der Waals surface area contributed by atoms with Crippen molar-refractivity contribution in [3.63, 3.8) is 0 Å². The summed E-state index contributed by atoms with van der Waals surface area (Å²) in [6.45, 7) is 5.85. The van der Waals surface area contributed by atoms with E-state index in [-0.39, 0.29) is 5.56 Å². The van der Waals surface area contributed by atoms with E-state index >= 15 is 0 Å². The number of hydrogen-bond donors (Lipinski definition) is 1. The van der Waals surface area contributed by atoms with Crippen LogP contribution in [0.4, 0.5) is 0 Å². The first kappa shape index (κ1) is 16.3. The van der Waals surface area contributed by atoms with Crippen LogP contribution in [0.3, 0.4) is 0 Å². The summed E-state index contributed by atoms with van der Waals surface area (Å²) in [4.78, 5) is 18.4. The first-order chi connectivity index (χ1) is 12.7. The van der Waals surface area contributed by atoms with Crippen LogP contribution in [0.25, 0.3) is 11.3 Å². The largest absolute Gasteiger partial charge is 0.321 e. The Bertz CT molecular complexity index is 903. The molecule has 1 saturated heterocycles. The molecule has 0 saturated carbocycles. The number of nitrogens with zero attached hydrogens (tertiary/aromatic N) is 1. The summed E-state index contributed by atoms with van der Waals surface area (Å²) >= 11 is 0. The van der Waals surface area contributed by atoms with E-state index in [4.69, 9.17) is 0 Å². The molecule has 0 amide bonds. The van der Waals surface area contributed by atoms with Crippen LogP contribution in [0, 0.1) is 5.92 Å². The second kappa shape index (κ2) is 6.38. The third-order valence-corrected chi connectivity index (χ3v) is 6.81. The maximum atomic E-state index is 12.6. The Morgan fingerprint density at radius 2 is 1.81 bits per heavy atom. The summed E-state index contributed by atoms with van der Waals surface area (Å²) in [6.07, 6.45) is 8.04. The Kier molecular flexibility index (Phi) is 4.00. The molecule has 0 spiro atoms. The predicted octanol–water partition coefficient (Wildman–Crippen LogP) is 4.06. The van der Waals surface area contributed by atoms with Crippen molar-refractivity contribution in [2.24, 2.45) is 5.92 Å². The van der Waals surface area contributed by atoms with Crippen molar-refractivity contribution in [1.29, 1.82) is 0 Å². The van der Waals surface area contributed by atoms with Gasteiger partial charge in [-0.3, -0.25) is 9.69 Å². The van der Waals surface area contributed by atoms with E-state index in [2.05, 4.69) is 35.0 Å². The molecule has 26 heavy (non-hydrogen) atoms. The van der Waals surface area contributed by atoms with E-state index in [0.29, 0.717) is 0 Å². The molecule has 3 nitrogen and oxygen atoms in total. The maximum Gasteiger partial charge on any atom is 0.251 e. The van der Waals surface area contributed by atoms with Gasteiger partial charge in [-0.05, 0) is 79.8 Å². The number of likely N-dealkylation sites (tertiary alicyclic amines) is 1. The van der Waals surface area contributed by atoms with Crippen LogP contribution in [0.5, 0.6) is 0 Å². The lowest BCUT2D eigenvalue weighted by Crippen LogP contribution is -2.32. The summed E-state index contributed by atoms with van der Waals surface area (Å²) in [6, 6.07) is 6.68. The normalized spacial score (nSPS) is 19.9. The van der Waals surface area contributed by atoms with E-state index in [1.54, 1.807) is 0 Å². The maximum absolute atomic E-state index is 12.6. The highest BCUT2D eigenvalue weighted by atomic mass is 16.1. The lowest BCUT2D eigenvalue weighted by Gasteiger charge is -2.30. The minimum absolute atomic E-state index is 0.154. The van der Waals surface area contributed by atoms with Crippen LogP contribution in [-0.4, -0.2) is 23.0 Å². The number of fused-ring (bicyclic) bond motifs is 5. The number of aromatic nitrogens is 1. The molecule has 1 fully saturated rings. The topological polar surface area (TPSA) is 36.1 Å². The molecule has 3 aliphatic rings. The third kappa shape index (κ3) is 2.64. The molecule has 0 bridgehead atoms. The zero-order valence-corrected chi connectivity index (χ0v) is 15.7. The van der Waals surface area contributed by atoms with E-state index in [0.717, 1.165) is 49.4 Å². The summed E-state index contributed by atoms with van der Waals surface area (Å²) in [5.41, 5.74) is 9.29. The molecular formula is C23H28N2O. The molecule has 0 unspecified atom stereocenters. The molecule has 1 aromatic carbocycles. The highest BCUT2D eigenvalue weighted by molar-refractivity contribution is 5.76. The minimum atomic E-state index is 0.154. The predicted molar refractivity (Wildman–Crippen MR) is 106 cm³/mol. The summed E-state index contributed by atoms with van der Waals surface area (Å²) in [5, 5.41) is 0. The quantitative estimate of drug-likeness (QED) is 0.758. The van der Waals surface area contributed by atoms with Gasteiger partial charge in [0, 0.05) is 24.1 Å².